The average Bonchev–Trinajstić information content (AvgIpc) is 2.55. The molecule has 0 heterocycles. The molecular formula is C18H17F3N2O3. The van der Waals surface area contributed by atoms with Crippen LogP contribution in [-0.2, 0) is 11.2 Å². The van der Waals surface area contributed by atoms with Gasteiger partial charge in [0.1, 0.15) is 5.75 Å². The Kier molecular flexibility index (Phi) is 6.21. The highest BCUT2D eigenvalue weighted by molar-refractivity contribution is 5.95. The molecule has 0 radical (unpaired) electrons. The lowest BCUT2D eigenvalue weighted by Crippen LogP contribution is -2.25. The second-order valence-electron chi connectivity index (χ2n) is 5.46. The maximum Gasteiger partial charge on any atom is 0.573 e. The van der Waals surface area contributed by atoms with Gasteiger partial charge in [-0.2, -0.15) is 0 Å². The summed E-state index contributed by atoms with van der Waals surface area (Å²) in [5.74, 6) is -0.769. The lowest BCUT2D eigenvalue weighted by molar-refractivity contribution is -0.274. The molecule has 2 aromatic rings. The molecular weight excluding hydrogens is 349 g/mol. The Morgan fingerprint density at radius 3 is 2.15 bits per heavy atom. The molecule has 0 aliphatic heterocycles. The molecule has 0 aromatic heterocycles. The number of hydrogen-bond donors (Lipinski definition) is 2. The second kappa shape index (κ2) is 8.37. The number of anilines is 1. The van der Waals surface area contributed by atoms with Crippen molar-refractivity contribution in [1.29, 1.82) is 0 Å². The number of ether oxygens (including phenoxy) is 1. The molecule has 0 aliphatic rings. The fourth-order valence-corrected chi connectivity index (χ4v) is 2.19. The zero-order chi connectivity index (χ0) is 19.2. The third kappa shape index (κ3) is 6.46. The monoisotopic (exact) mass is 366 g/mol. The van der Waals surface area contributed by atoms with Crippen LogP contribution < -0.4 is 15.4 Å². The van der Waals surface area contributed by atoms with E-state index in [0.717, 1.165) is 5.56 Å². The number of rotatable bonds is 6. The zero-order valence-corrected chi connectivity index (χ0v) is 13.9. The minimum atomic E-state index is -4.72. The van der Waals surface area contributed by atoms with E-state index >= 15 is 0 Å². The summed E-state index contributed by atoms with van der Waals surface area (Å²) in [5.41, 5.74) is 1.80. The van der Waals surface area contributed by atoms with Gasteiger partial charge in [-0.3, -0.25) is 9.59 Å². The van der Waals surface area contributed by atoms with Crippen molar-refractivity contribution in [3.8, 4) is 5.75 Å². The van der Waals surface area contributed by atoms with Crippen LogP contribution in [0.5, 0.6) is 5.75 Å². The summed E-state index contributed by atoms with van der Waals surface area (Å²) in [6, 6.07) is 11.9. The van der Waals surface area contributed by atoms with Crippen molar-refractivity contribution >= 4 is 17.5 Å². The summed E-state index contributed by atoms with van der Waals surface area (Å²) in [5, 5.41) is 5.33. The second-order valence-corrected chi connectivity index (χ2v) is 5.46. The van der Waals surface area contributed by atoms with Crippen molar-refractivity contribution in [2.45, 2.75) is 19.7 Å². The number of alkyl halides is 3. The Labute approximate surface area is 148 Å². The lowest BCUT2D eigenvalue weighted by atomic mass is 10.1. The highest BCUT2D eigenvalue weighted by atomic mass is 19.4. The molecule has 26 heavy (non-hydrogen) atoms. The van der Waals surface area contributed by atoms with Crippen LogP contribution in [0.4, 0.5) is 18.9 Å². The van der Waals surface area contributed by atoms with E-state index < -0.39 is 6.36 Å². The minimum absolute atomic E-state index is 0.200. The number of halogens is 3. The minimum Gasteiger partial charge on any atom is -0.406 e. The predicted octanol–water partition coefficient (Wildman–Crippen LogP) is 3.52. The van der Waals surface area contributed by atoms with E-state index in [9.17, 15) is 22.8 Å². The lowest BCUT2D eigenvalue weighted by Gasteiger charge is -2.10. The normalized spacial score (nSPS) is 10.9. The molecule has 0 saturated heterocycles. The summed E-state index contributed by atoms with van der Waals surface area (Å²) < 4.78 is 40.1. The van der Waals surface area contributed by atoms with Crippen molar-refractivity contribution < 1.29 is 27.5 Å². The van der Waals surface area contributed by atoms with E-state index in [2.05, 4.69) is 15.4 Å². The molecule has 2 rings (SSSR count). The van der Waals surface area contributed by atoms with Crippen LogP contribution in [0, 0.1) is 0 Å². The maximum atomic E-state index is 12.1. The van der Waals surface area contributed by atoms with Crippen LogP contribution in [0.1, 0.15) is 22.8 Å². The zero-order valence-electron chi connectivity index (χ0n) is 13.9. The summed E-state index contributed by atoms with van der Waals surface area (Å²) in [4.78, 5) is 23.0. The van der Waals surface area contributed by atoms with Gasteiger partial charge in [0.15, 0.2) is 0 Å². The van der Waals surface area contributed by atoms with Gasteiger partial charge in [0, 0.05) is 24.7 Å². The van der Waals surface area contributed by atoms with Gasteiger partial charge in [0.05, 0.1) is 0 Å². The first kappa shape index (κ1) is 19.3. The largest absolute Gasteiger partial charge is 0.573 e. The van der Waals surface area contributed by atoms with Gasteiger partial charge in [-0.15, -0.1) is 13.2 Å². The molecule has 0 spiro atoms. The van der Waals surface area contributed by atoms with Gasteiger partial charge in [-0.1, -0.05) is 12.1 Å². The molecule has 0 atom stereocenters. The topological polar surface area (TPSA) is 67.4 Å². The van der Waals surface area contributed by atoms with Crippen molar-refractivity contribution in [3.63, 3.8) is 0 Å². The van der Waals surface area contributed by atoms with E-state index in [1.165, 1.54) is 31.2 Å². The molecule has 8 heteroatoms. The highest BCUT2D eigenvalue weighted by Gasteiger charge is 2.30. The molecule has 0 saturated carbocycles. The average molecular weight is 366 g/mol. The highest BCUT2D eigenvalue weighted by Crippen LogP contribution is 2.22. The van der Waals surface area contributed by atoms with Crippen molar-refractivity contribution in [1.82, 2.24) is 5.32 Å². The van der Waals surface area contributed by atoms with Crippen molar-refractivity contribution in [2.75, 3.05) is 11.9 Å². The number of carbonyl (C=O) groups excluding carboxylic acids is 2. The van der Waals surface area contributed by atoms with Gasteiger partial charge >= 0.3 is 6.36 Å². The van der Waals surface area contributed by atoms with Crippen molar-refractivity contribution in [3.05, 3.63) is 59.7 Å². The van der Waals surface area contributed by atoms with Gasteiger partial charge < -0.3 is 15.4 Å². The van der Waals surface area contributed by atoms with Crippen LogP contribution in [0.15, 0.2) is 48.5 Å². The number of hydrogen-bond acceptors (Lipinski definition) is 3. The first-order chi connectivity index (χ1) is 12.2. The van der Waals surface area contributed by atoms with Gasteiger partial charge in [-0.25, -0.2) is 0 Å². The van der Waals surface area contributed by atoms with E-state index in [1.807, 2.05) is 0 Å². The molecule has 0 bridgehead atoms. The van der Waals surface area contributed by atoms with E-state index in [0.29, 0.717) is 24.2 Å². The fourth-order valence-electron chi connectivity index (χ4n) is 2.19. The van der Waals surface area contributed by atoms with E-state index in [4.69, 9.17) is 0 Å². The fraction of sp³-hybridized carbons (Fsp3) is 0.222. The summed E-state index contributed by atoms with van der Waals surface area (Å²) in [7, 11) is 0. The summed E-state index contributed by atoms with van der Waals surface area (Å²) in [6.07, 6.45) is -4.26. The number of amides is 2. The third-order valence-electron chi connectivity index (χ3n) is 3.32. The van der Waals surface area contributed by atoms with Gasteiger partial charge in [-0.05, 0) is 48.4 Å². The molecule has 0 fully saturated rings. The first-order valence-electron chi connectivity index (χ1n) is 7.73. The first-order valence-corrected chi connectivity index (χ1v) is 7.73. The Balaban J connectivity index is 1.81. The standard InChI is InChI=1S/C18H17F3N2O3/c1-12(24)23-15-6-4-14(5-7-15)17(25)22-11-10-13-2-8-16(9-3-13)26-18(19,20)21/h2-9H,10-11H2,1H3,(H,22,25)(H,23,24). The third-order valence-corrected chi connectivity index (χ3v) is 3.32. The molecule has 138 valence electrons. The molecule has 5 nitrogen and oxygen atoms in total. The Morgan fingerprint density at radius 1 is 1.00 bits per heavy atom. The SMILES string of the molecule is CC(=O)Nc1ccc(C(=O)NCCc2ccc(OC(F)(F)F)cc2)cc1. The Morgan fingerprint density at radius 2 is 1.62 bits per heavy atom. The van der Waals surface area contributed by atoms with Crippen LogP contribution in [0.2, 0.25) is 0 Å². The van der Waals surface area contributed by atoms with Gasteiger partial charge in [0.25, 0.3) is 5.91 Å². The number of benzene rings is 2. The molecule has 0 unspecified atom stereocenters. The Bertz CT molecular complexity index is 757. The van der Waals surface area contributed by atoms with E-state index in [1.54, 1.807) is 24.3 Å². The molecule has 0 aliphatic carbocycles. The van der Waals surface area contributed by atoms with Crippen molar-refractivity contribution in [2.24, 2.45) is 0 Å². The van der Waals surface area contributed by atoms with Crippen LogP contribution in [-0.4, -0.2) is 24.7 Å². The molecule has 2 N–H and O–H groups in total. The smallest absolute Gasteiger partial charge is 0.406 e. The molecule has 2 aromatic carbocycles. The Hall–Kier alpha value is -3.03. The molecule has 2 amide bonds. The van der Waals surface area contributed by atoms with Crippen LogP contribution in [0.25, 0.3) is 0 Å². The predicted molar refractivity (Wildman–Crippen MR) is 89.9 cm³/mol. The van der Waals surface area contributed by atoms with E-state index in [-0.39, 0.29) is 17.6 Å². The van der Waals surface area contributed by atoms with Gasteiger partial charge in [0.2, 0.25) is 5.91 Å². The number of carbonyl (C=O) groups is 2. The summed E-state index contributed by atoms with van der Waals surface area (Å²) in [6.45, 7) is 1.72. The quantitative estimate of drug-likeness (QED) is 0.822. The maximum absolute atomic E-state index is 12.1. The summed E-state index contributed by atoms with van der Waals surface area (Å²) >= 11 is 0. The van der Waals surface area contributed by atoms with Crippen LogP contribution in [0.3, 0.4) is 0 Å². The van der Waals surface area contributed by atoms with Crippen LogP contribution >= 0.6 is 0 Å². The number of nitrogens with one attached hydrogen (secondary N) is 2.